The first-order chi connectivity index (χ1) is 9.95. The Morgan fingerprint density at radius 3 is 3.05 bits per heavy atom. The van der Waals surface area contributed by atoms with Gasteiger partial charge in [0.2, 0.25) is 10.1 Å². The molecule has 1 fully saturated rings. The fourth-order valence-corrected chi connectivity index (χ4v) is 3.62. The quantitative estimate of drug-likeness (QED) is 0.939. The summed E-state index contributed by atoms with van der Waals surface area (Å²) in [4.78, 5) is 16.4. The highest BCUT2D eigenvalue weighted by Crippen LogP contribution is 2.35. The summed E-state index contributed by atoms with van der Waals surface area (Å²) in [7, 11) is 0. The summed E-state index contributed by atoms with van der Waals surface area (Å²) < 4.78 is 7.20. The summed E-state index contributed by atoms with van der Waals surface area (Å²) in [6.07, 6.45) is 2.82. The van der Waals surface area contributed by atoms with Crippen molar-refractivity contribution in [3.63, 3.8) is 0 Å². The van der Waals surface area contributed by atoms with E-state index in [1.807, 2.05) is 0 Å². The van der Waals surface area contributed by atoms with Crippen LogP contribution in [0.5, 0.6) is 0 Å². The first kappa shape index (κ1) is 14.5. The molecule has 1 saturated heterocycles. The molecule has 0 aromatic carbocycles. The zero-order chi connectivity index (χ0) is 15.0. The third kappa shape index (κ3) is 2.94. The van der Waals surface area contributed by atoms with Gasteiger partial charge in [-0.25, -0.2) is 4.98 Å². The van der Waals surface area contributed by atoms with E-state index < -0.39 is 0 Å². The number of aromatic nitrogens is 3. The van der Waals surface area contributed by atoms with Crippen LogP contribution in [0.4, 0.5) is 5.13 Å². The largest absolute Gasteiger partial charge is 0.377 e. The molecule has 2 aromatic heterocycles. The van der Waals surface area contributed by atoms with Gasteiger partial charge in [0.25, 0.3) is 5.56 Å². The number of hydrogen-bond donors (Lipinski definition) is 1. The molecule has 0 amide bonds. The molecule has 1 aliphatic rings. The summed E-state index contributed by atoms with van der Waals surface area (Å²) in [6, 6.07) is 1.41. The molecule has 6 nitrogen and oxygen atoms in total. The third-order valence-electron chi connectivity index (χ3n) is 3.75. The number of nitrogens with one attached hydrogen (secondary N) is 1. The van der Waals surface area contributed by atoms with Crippen molar-refractivity contribution in [3.05, 3.63) is 22.6 Å². The maximum atomic E-state index is 11.7. The van der Waals surface area contributed by atoms with Crippen LogP contribution in [0.3, 0.4) is 0 Å². The number of hydrogen-bond acceptors (Lipinski definition) is 6. The van der Waals surface area contributed by atoms with E-state index >= 15 is 0 Å². The van der Waals surface area contributed by atoms with Gasteiger partial charge in [0.05, 0.1) is 6.10 Å². The Kier molecular flexibility index (Phi) is 3.71. The van der Waals surface area contributed by atoms with Crippen molar-refractivity contribution in [1.29, 1.82) is 0 Å². The van der Waals surface area contributed by atoms with Crippen molar-refractivity contribution in [2.45, 2.75) is 33.3 Å². The van der Waals surface area contributed by atoms with Gasteiger partial charge in [-0.15, -0.1) is 5.10 Å². The number of ether oxygens (including phenoxy) is 1. The van der Waals surface area contributed by atoms with E-state index in [9.17, 15) is 4.79 Å². The topological polar surface area (TPSA) is 68.5 Å². The van der Waals surface area contributed by atoms with Crippen molar-refractivity contribution in [2.24, 2.45) is 11.3 Å². The number of fused-ring (bicyclic) bond motifs is 1. The number of nitrogens with zero attached hydrogens (tertiary/aromatic N) is 3. The van der Waals surface area contributed by atoms with Gasteiger partial charge in [0.15, 0.2) is 0 Å². The smallest absolute Gasteiger partial charge is 0.275 e. The van der Waals surface area contributed by atoms with E-state index in [4.69, 9.17) is 4.74 Å². The molecule has 2 aromatic rings. The maximum Gasteiger partial charge on any atom is 0.275 e. The average Bonchev–Trinajstić information content (AvgIpc) is 3.02. The highest BCUT2D eigenvalue weighted by atomic mass is 32.1. The predicted octanol–water partition coefficient (Wildman–Crippen LogP) is 2.01. The molecule has 0 spiro atoms. The van der Waals surface area contributed by atoms with Crippen LogP contribution in [-0.4, -0.2) is 33.9 Å². The van der Waals surface area contributed by atoms with E-state index in [2.05, 4.69) is 36.2 Å². The molecule has 0 saturated carbocycles. The second-order valence-electron chi connectivity index (χ2n) is 6.47. The lowest BCUT2D eigenvalue weighted by atomic mass is 9.81. The van der Waals surface area contributed by atoms with Gasteiger partial charge < -0.3 is 10.1 Å². The molecule has 3 heterocycles. The average molecular weight is 308 g/mol. The molecule has 2 atom stereocenters. The fourth-order valence-electron chi connectivity index (χ4n) is 2.83. The second-order valence-corrected chi connectivity index (χ2v) is 7.43. The Bertz CT molecular complexity index is 688. The lowest BCUT2D eigenvalue weighted by molar-refractivity contribution is 0.00957. The minimum atomic E-state index is -0.152. The highest BCUT2D eigenvalue weighted by molar-refractivity contribution is 7.20. The lowest BCUT2D eigenvalue weighted by Gasteiger charge is -2.31. The Balaban J connectivity index is 1.72. The van der Waals surface area contributed by atoms with Gasteiger partial charge in [-0.1, -0.05) is 32.1 Å². The Labute approximate surface area is 127 Å². The van der Waals surface area contributed by atoms with Crippen LogP contribution < -0.4 is 10.9 Å². The van der Waals surface area contributed by atoms with E-state index in [0.29, 0.717) is 10.9 Å². The minimum Gasteiger partial charge on any atom is -0.377 e. The van der Waals surface area contributed by atoms with Crippen molar-refractivity contribution in [2.75, 3.05) is 18.5 Å². The normalized spacial score (nSPS) is 22.8. The second kappa shape index (κ2) is 5.38. The SMILES string of the molecule is CC(C)(C)[C@H]1OCC[C@@H]1CNc1nn2c(=O)ccnc2s1. The van der Waals surface area contributed by atoms with Crippen LogP contribution in [0.2, 0.25) is 0 Å². The fraction of sp³-hybridized carbons (Fsp3) is 0.643. The molecule has 7 heteroatoms. The van der Waals surface area contributed by atoms with Crippen molar-refractivity contribution in [3.8, 4) is 0 Å². The van der Waals surface area contributed by atoms with Crippen LogP contribution in [0.1, 0.15) is 27.2 Å². The molecule has 3 rings (SSSR count). The first-order valence-corrected chi connectivity index (χ1v) is 7.97. The van der Waals surface area contributed by atoms with Crippen LogP contribution >= 0.6 is 11.3 Å². The maximum absolute atomic E-state index is 11.7. The van der Waals surface area contributed by atoms with Crippen molar-refractivity contribution >= 4 is 21.4 Å². The predicted molar refractivity (Wildman–Crippen MR) is 82.9 cm³/mol. The molecule has 114 valence electrons. The zero-order valence-corrected chi connectivity index (χ0v) is 13.3. The number of anilines is 1. The van der Waals surface area contributed by atoms with Gasteiger partial charge in [0.1, 0.15) is 0 Å². The van der Waals surface area contributed by atoms with Crippen LogP contribution in [0.15, 0.2) is 17.1 Å². The van der Waals surface area contributed by atoms with Crippen LogP contribution in [0, 0.1) is 11.3 Å². The van der Waals surface area contributed by atoms with Crippen LogP contribution in [-0.2, 0) is 4.74 Å². The Morgan fingerprint density at radius 1 is 1.52 bits per heavy atom. The van der Waals surface area contributed by atoms with Gasteiger partial charge in [0, 0.05) is 31.3 Å². The summed E-state index contributed by atoms with van der Waals surface area (Å²) in [5.41, 5.74) is -0.0179. The van der Waals surface area contributed by atoms with Crippen molar-refractivity contribution in [1.82, 2.24) is 14.6 Å². The van der Waals surface area contributed by atoms with Gasteiger partial charge in [-0.3, -0.25) is 4.79 Å². The Hall–Kier alpha value is -1.47. The minimum absolute atomic E-state index is 0.134. The molecule has 21 heavy (non-hydrogen) atoms. The summed E-state index contributed by atoms with van der Waals surface area (Å²) in [5.74, 6) is 0.460. The molecule has 1 aliphatic heterocycles. The summed E-state index contributed by atoms with van der Waals surface area (Å²) in [6.45, 7) is 8.23. The Morgan fingerprint density at radius 2 is 2.33 bits per heavy atom. The highest BCUT2D eigenvalue weighted by Gasteiger charge is 2.37. The standard InChI is InChI=1S/C14H20N4O2S/c1-14(2,3)11-9(5-7-20-11)8-16-12-17-18-10(19)4-6-15-13(18)21-12/h4,6,9,11H,5,7-8H2,1-3H3,(H,16,17)/t9-,11+/m1/s1. The van der Waals surface area contributed by atoms with Gasteiger partial charge in [-0.2, -0.15) is 4.52 Å². The van der Waals surface area contributed by atoms with Crippen LogP contribution in [0.25, 0.3) is 4.96 Å². The molecule has 0 bridgehead atoms. The molecular formula is C14H20N4O2S. The molecule has 0 aliphatic carbocycles. The summed E-state index contributed by atoms with van der Waals surface area (Å²) >= 11 is 1.39. The van der Waals surface area contributed by atoms with Crippen molar-refractivity contribution < 1.29 is 4.74 Å². The molecule has 1 N–H and O–H groups in total. The third-order valence-corrected chi connectivity index (χ3v) is 4.63. The monoisotopic (exact) mass is 308 g/mol. The first-order valence-electron chi connectivity index (χ1n) is 7.15. The molecule has 0 unspecified atom stereocenters. The molecular weight excluding hydrogens is 288 g/mol. The lowest BCUT2D eigenvalue weighted by Crippen LogP contribution is -2.34. The molecule has 0 radical (unpaired) electrons. The zero-order valence-electron chi connectivity index (χ0n) is 12.5. The van der Waals surface area contributed by atoms with Gasteiger partial charge in [-0.05, 0) is 11.8 Å². The van der Waals surface area contributed by atoms with E-state index in [1.54, 1.807) is 0 Å². The number of rotatable bonds is 3. The van der Waals surface area contributed by atoms with E-state index in [1.165, 1.54) is 28.1 Å². The van der Waals surface area contributed by atoms with E-state index in [0.717, 1.165) is 24.7 Å². The van der Waals surface area contributed by atoms with E-state index in [-0.39, 0.29) is 17.1 Å². The summed E-state index contributed by atoms with van der Waals surface area (Å²) in [5, 5.41) is 8.33. The van der Waals surface area contributed by atoms with Gasteiger partial charge >= 0.3 is 0 Å².